The van der Waals surface area contributed by atoms with Crippen molar-refractivity contribution >= 4 is 7.82 Å². The average molecular weight is 823 g/mol. The van der Waals surface area contributed by atoms with Crippen molar-refractivity contribution < 1.29 is 37.9 Å². The van der Waals surface area contributed by atoms with Gasteiger partial charge in [0.05, 0.1) is 34.4 Å². The van der Waals surface area contributed by atoms with Gasteiger partial charge in [0.15, 0.2) is 0 Å². The highest BCUT2D eigenvalue weighted by Gasteiger charge is 2.25. The molecule has 0 radical (unpaired) electrons. The minimum absolute atomic E-state index is 0.0626. The van der Waals surface area contributed by atoms with Crippen LogP contribution in [0.25, 0.3) is 0 Å². The topological polar surface area (TPSA) is 74.2 Å². The number of rotatable bonds is 40. The van der Waals surface area contributed by atoms with Crippen LogP contribution < -0.4 is 0 Å². The van der Waals surface area contributed by atoms with Gasteiger partial charge in [0, 0.05) is 18.7 Å². The zero-order valence-corrected chi connectivity index (χ0v) is 40.4. The van der Waals surface area contributed by atoms with Gasteiger partial charge in [0.25, 0.3) is 0 Å². The van der Waals surface area contributed by atoms with Crippen molar-refractivity contribution in [2.24, 2.45) is 47.3 Å². The predicted molar refractivity (Wildman–Crippen MR) is 242 cm³/mol. The van der Waals surface area contributed by atoms with Gasteiger partial charge in [0.2, 0.25) is 0 Å². The SMILES string of the molecule is [2H]C([2H])(CC[C@@H](C)CCC[C@@H](C)CCC[C@@H](C)CCOC[C@@H](COP(=O)(O)OCC[N+](C)(C)C)OCC[C@H](C)CCC[C@H](C)CCC[C@H](C)CCC([2H])([2H])C(C)C)C(C)C. The van der Waals surface area contributed by atoms with Crippen LogP contribution in [0.15, 0.2) is 0 Å². The van der Waals surface area contributed by atoms with Gasteiger partial charge in [-0.25, -0.2) is 4.57 Å². The van der Waals surface area contributed by atoms with Crippen molar-refractivity contribution in [2.75, 3.05) is 60.7 Å². The van der Waals surface area contributed by atoms with Crippen molar-refractivity contribution in [3.8, 4) is 0 Å². The minimum atomic E-state index is -4.21. The third kappa shape index (κ3) is 38.2. The Kier molecular flexibility index (Phi) is 29.3. The first-order valence-electron chi connectivity index (χ1n) is 25.4. The van der Waals surface area contributed by atoms with Crippen molar-refractivity contribution in [3.63, 3.8) is 0 Å². The van der Waals surface area contributed by atoms with Crippen LogP contribution in [0.3, 0.4) is 0 Å². The molecule has 8 heteroatoms. The molecule has 1 N–H and O–H groups in total. The van der Waals surface area contributed by atoms with Gasteiger partial charge in [-0.3, -0.25) is 9.05 Å². The lowest BCUT2D eigenvalue weighted by atomic mass is 9.91. The van der Waals surface area contributed by atoms with Crippen LogP contribution in [-0.4, -0.2) is 76.2 Å². The molecule has 0 bridgehead atoms. The van der Waals surface area contributed by atoms with Crippen LogP contribution in [0.1, 0.15) is 203 Å². The Morgan fingerprint density at radius 1 is 0.500 bits per heavy atom. The maximum absolute atomic E-state index is 12.7. The van der Waals surface area contributed by atoms with Gasteiger partial charge in [-0.1, -0.05) is 185 Å². The summed E-state index contributed by atoms with van der Waals surface area (Å²) in [4.78, 5) is 10.4. The summed E-state index contributed by atoms with van der Waals surface area (Å²) in [5, 5.41) is 0. The summed E-state index contributed by atoms with van der Waals surface area (Å²) in [6.07, 6.45) is 17.0. The van der Waals surface area contributed by atoms with E-state index in [1.54, 1.807) is 0 Å². The van der Waals surface area contributed by atoms with Crippen molar-refractivity contribution in [2.45, 2.75) is 204 Å². The van der Waals surface area contributed by atoms with Crippen LogP contribution >= 0.6 is 7.82 Å². The summed E-state index contributed by atoms with van der Waals surface area (Å²) in [6.45, 7) is 23.9. The molecule has 0 saturated carbocycles. The lowest BCUT2D eigenvalue weighted by Crippen LogP contribution is -2.37. The summed E-state index contributed by atoms with van der Waals surface area (Å²) in [7, 11) is 1.80. The number of ether oxygens (including phenoxy) is 2. The summed E-state index contributed by atoms with van der Waals surface area (Å²) in [6, 6.07) is 0. The van der Waals surface area contributed by atoms with E-state index in [0.29, 0.717) is 79.2 Å². The smallest absolute Gasteiger partial charge is 0.379 e. The molecular formula is C48H101NO6P+. The van der Waals surface area contributed by atoms with Gasteiger partial charge in [0.1, 0.15) is 19.3 Å². The quantitative estimate of drug-likeness (QED) is 0.0377. The van der Waals surface area contributed by atoms with Crippen LogP contribution in [-0.2, 0) is 23.1 Å². The predicted octanol–water partition coefficient (Wildman–Crippen LogP) is 14.2. The standard InChI is InChI=1S/C48H100NO6P/c1-40(2)20-14-22-42(5)24-16-26-44(7)28-18-30-46(9)32-35-52-38-48(39-55-56(50,51)54-37-34-49(11,12)13)53-36-33-47(10)31-19-29-45(8)27-17-25-43(6)23-15-21-41(3)4/h40-48H,14-39H2,1-13H3/p+1/t42-,43-,44-,45-,46-,47-,48+/m1/s1/i20D2,21D2. The van der Waals surface area contributed by atoms with Gasteiger partial charge in [-0.2, -0.15) is 0 Å². The van der Waals surface area contributed by atoms with Gasteiger partial charge in [-0.15, -0.1) is 0 Å². The Morgan fingerprint density at radius 3 is 1.23 bits per heavy atom. The Morgan fingerprint density at radius 2 is 0.857 bits per heavy atom. The maximum atomic E-state index is 12.7. The first-order valence-corrected chi connectivity index (χ1v) is 24.9. The summed E-state index contributed by atoms with van der Waals surface area (Å²) in [5.41, 5.74) is 0. The number of likely N-dealkylation sites (N-methyl/N-ethyl adjacent to an activating group) is 1. The van der Waals surface area contributed by atoms with Crippen LogP contribution in [0, 0.1) is 47.3 Å². The Hall–Kier alpha value is -0.0100. The molecule has 0 aliphatic rings. The molecule has 0 heterocycles. The van der Waals surface area contributed by atoms with Crippen LogP contribution in [0.2, 0.25) is 0 Å². The number of phosphoric ester groups is 1. The zero-order chi connectivity index (χ0) is 46.0. The second kappa shape index (κ2) is 33.7. The van der Waals surface area contributed by atoms with E-state index in [-0.39, 0.29) is 25.0 Å². The molecule has 0 fully saturated rings. The molecule has 1 unspecified atom stereocenters. The van der Waals surface area contributed by atoms with E-state index in [9.17, 15) is 9.46 Å². The molecule has 0 aromatic heterocycles. The number of quaternary nitrogens is 1. The van der Waals surface area contributed by atoms with Crippen molar-refractivity contribution in [1.29, 1.82) is 0 Å². The highest BCUT2D eigenvalue weighted by atomic mass is 31.2. The van der Waals surface area contributed by atoms with Gasteiger partial charge >= 0.3 is 7.82 Å². The summed E-state index contributed by atoms with van der Waals surface area (Å²) >= 11 is 0. The Balaban J connectivity index is 4.62. The molecule has 0 aromatic rings. The molecule has 0 saturated heterocycles. The monoisotopic (exact) mass is 823 g/mol. The Labute approximate surface area is 356 Å². The molecule has 0 aliphatic carbocycles. The molecule has 0 amide bonds. The number of phosphoric acid groups is 1. The highest BCUT2D eigenvalue weighted by Crippen LogP contribution is 2.43. The lowest BCUT2D eigenvalue weighted by molar-refractivity contribution is -0.870. The van der Waals surface area contributed by atoms with E-state index in [1.165, 1.54) is 70.6 Å². The first kappa shape index (κ1) is 48.7. The van der Waals surface area contributed by atoms with Gasteiger partial charge in [-0.05, 0) is 60.2 Å². The second-order valence-electron chi connectivity index (χ2n) is 19.9. The van der Waals surface area contributed by atoms with E-state index in [0.717, 1.165) is 32.1 Å². The van der Waals surface area contributed by atoms with Gasteiger partial charge < -0.3 is 18.9 Å². The molecule has 7 nitrogen and oxygen atoms in total. The molecule has 0 aromatic carbocycles. The van der Waals surface area contributed by atoms with Crippen molar-refractivity contribution in [3.05, 3.63) is 0 Å². The first-order chi connectivity index (χ1) is 27.7. The third-order valence-electron chi connectivity index (χ3n) is 11.4. The van der Waals surface area contributed by atoms with E-state index in [2.05, 4.69) is 41.5 Å². The normalized spacial score (nSPS) is 19.1. The van der Waals surface area contributed by atoms with Crippen LogP contribution in [0.4, 0.5) is 0 Å². The van der Waals surface area contributed by atoms with E-state index >= 15 is 0 Å². The fourth-order valence-electron chi connectivity index (χ4n) is 7.09. The van der Waals surface area contributed by atoms with E-state index < -0.39 is 26.7 Å². The second-order valence-corrected chi connectivity index (χ2v) is 21.4. The van der Waals surface area contributed by atoms with Crippen LogP contribution in [0.5, 0.6) is 0 Å². The molecule has 56 heavy (non-hydrogen) atoms. The third-order valence-corrected chi connectivity index (χ3v) is 12.4. The lowest BCUT2D eigenvalue weighted by Gasteiger charge is -2.24. The fraction of sp³-hybridized carbons (Fsp3) is 1.00. The Bertz CT molecular complexity index is 1090. The van der Waals surface area contributed by atoms with E-state index in [4.69, 9.17) is 24.0 Å². The largest absolute Gasteiger partial charge is 0.472 e. The highest BCUT2D eigenvalue weighted by molar-refractivity contribution is 7.47. The minimum Gasteiger partial charge on any atom is -0.379 e. The summed E-state index contributed by atoms with van der Waals surface area (Å²) in [5.74, 6) is 3.75. The molecule has 338 valence electrons. The molecule has 0 aliphatic heterocycles. The molecular weight excluding hydrogens is 718 g/mol. The summed E-state index contributed by atoms with van der Waals surface area (Å²) < 4.78 is 69.1. The number of hydrogen-bond acceptors (Lipinski definition) is 5. The average Bonchev–Trinajstić information content (AvgIpc) is 3.12. The van der Waals surface area contributed by atoms with Crippen molar-refractivity contribution in [1.82, 2.24) is 0 Å². The molecule has 8 atom stereocenters. The maximum Gasteiger partial charge on any atom is 0.472 e. The molecule has 0 spiro atoms. The number of hydrogen-bond donors (Lipinski definition) is 1. The van der Waals surface area contributed by atoms with E-state index in [1.807, 2.05) is 48.8 Å². The fourth-order valence-corrected chi connectivity index (χ4v) is 7.83. The zero-order valence-electron chi connectivity index (χ0n) is 43.5. The number of nitrogens with zero attached hydrogens (tertiary/aromatic N) is 1. The molecule has 0 rings (SSSR count).